The third kappa shape index (κ3) is 7.61. The van der Waals surface area contributed by atoms with Gasteiger partial charge in [0.15, 0.2) is 17.5 Å². The van der Waals surface area contributed by atoms with Crippen molar-refractivity contribution < 1.29 is 19.0 Å². The van der Waals surface area contributed by atoms with Crippen molar-refractivity contribution in [1.82, 2.24) is 15.5 Å². The van der Waals surface area contributed by atoms with E-state index in [-0.39, 0.29) is 11.6 Å². The number of ether oxygens (including phenoxy) is 2. The molecule has 28 heavy (non-hydrogen) atoms. The van der Waals surface area contributed by atoms with Crippen LogP contribution in [0.2, 0.25) is 0 Å². The number of β-amino-alcohol motifs (C(OH)–C–C–N with tert-alkyl or cyclic N) is 1. The molecule has 158 valence electrons. The van der Waals surface area contributed by atoms with Gasteiger partial charge in [-0.1, -0.05) is 6.07 Å². The van der Waals surface area contributed by atoms with Crippen LogP contribution in [0.3, 0.4) is 0 Å². The Hall–Kier alpha value is -1.90. The second-order valence-electron chi connectivity index (χ2n) is 7.13. The Morgan fingerprint density at radius 2 is 2.07 bits per heavy atom. The number of aliphatic imine (C=N–C) groups is 1. The Bertz CT molecular complexity index is 634. The summed E-state index contributed by atoms with van der Waals surface area (Å²) in [5, 5.41) is 17.0. The molecule has 0 saturated carbocycles. The first-order valence-electron chi connectivity index (χ1n) is 9.89. The van der Waals surface area contributed by atoms with E-state index in [0.717, 1.165) is 18.7 Å². The van der Waals surface area contributed by atoms with Gasteiger partial charge in [0.25, 0.3) is 0 Å². The molecule has 1 aromatic carbocycles. The summed E-state index contributed by atoms with van der Waals surface area (Å²) in [6.07, 6.45) is 0. The van der Waals surface area contributed by atoms with Crippen molar-refractivity contribution in [2.75, 3.05) is 52.5 Å². The van der Waals surface area contributed by atoms with E-state index in [1.165, 1.54) is 6.07 Å². The van der Waals surface area contributed by atoms with Crippen LogP contribution in [-0.2, 0) is 11.3 Å². The molecule has 7 nitrogen and oxygen atoms in total. The molecule has 8 heteroatoms. The fraction of sp³-hybridized carbons (Fsp3) is 0.650. The average molecular weight is 397 g/mol. The monoisotopic (exact) mass is 396 g/mol. The molecule has 1 fully saturated rings. The molecule has 0 spiro atoms. The van der Waals surface area contributed by atoms with Gasteiger partial charge < -0.3 is 25.2 Å². The van der Waals surface area contributed by atoms with Crippen molar-refractivity contribution >= 4 is 5.96 Å². The van der Waals surface area contributed by atoms with Crippen LogP contribution in [0, 0.1) is 5.82 Å². The number of morpholine rings is 1. The zero-order chi connectivity index (χ0) is 20.4. The number of guanidine groups is 1. The molecule has 1 unspecified atom stereocenters. The highest BCUT2D eigenvalue weighted by Crippen LogP contribution is 2.18. The topological polar surface area (TPSA) is 78.4 Å². The lowest BCUT2D eigenvalue weighted by atomic mass is 10.1. The van der Waals surface area contributed by atoms with Gasteiger partial charge in [-0.15, -0.1) is 0 Å². The lowest BCUT2D eigenvalue weighted by Gasteiger charge is -2.34. The van der Waals surface area contributed by atoms with Crippen molar-refractivity contribution in [3.05, 3.63) is 29.6 Å². The predicted molar refractivity (Wildman–Crippen MR) is 108 cm³/mol. The second-order valence-corrected chi connectivity index (χ2v) is 7.13. The molecule has 1 aliphatic heterocycles. The standard InChI is InChI=1S/C20H33FN4O3/c1-4-22-19(23-13-16-6-7-18(28-5-2)17(21)12-16)24-14-20(3,26)15-25-8-10-27-11-9-25/h6-7,12,26H,4-5,8-11,13-15H2,1-3H3,(H2,22,23,24). The maximum absolute atomic E-state index is 14.0. The quantitative estimate of drug-likeness (QED) is 0.432. The first kappa shape index (κ1) is 22.4. The van der Waals surface area contributed by atoms with E-state index in [9.17, 15) is 9.50 Å². The van der Waals surface area contributed by atoms with Crippen LogP contribution in [0.4, 0.5) is 4.39 Å². The summed E-state index contributed by atoms with van der Waals surface area (Å²) in [6, 6.07) is 4.86. The van der Waals surface area contributed by atoms with Crippen LogP contribution in [0.5, 0.6) is 5.75 Å². The molecule has 1 aromatic rings. The Labute approximate surface area is 166 Å². The highest BCUT2D eigenvalue weighted by atomic mass is 19.1. The van der Waals surface area contributed by atoms with E-state index in [4.69, 9.17) is 9.47 Å². The maximum Gasteiger partial charge on any atom is 0.191 e. The van der Waals surface area contributed by atoms with Crippen LogP contribution < -0.4 is 15.4 Å². The summed E-state index contributed by atoms with van der Waals surface area (Å²) in [7, 11) is 0. The van der Waals surface area contributed by atoms with Crippen LogP contribution in [0.25, 0.3) is 0 Å². The summed E-state index contributed by atoms with van der Waals surface area (Å²) in [6.45, 7) is 11.0. The number of halogens is 1. The fourth-order valence-corrected chi connectivity index (χ4v) is 3.00. The number of rotatable bonds is 9. The molecular weight excluding hydrogens is 363 g/mol. The van der Waals surface area contributed by atoms with Crippen LogP contribution in [0.15, 0.2) is 23.2 Å². The van der Waals surface area contributed by atoms with Crippen LogP contribution >= 0.6 is 0 Å². The number of hydrogen-bond acceptors (Lipinski definition) is 5. The number of nitrogens with zero attached hydrogens (tertiary/aromatic N) is 2. The van der Waals surface area contributed by atoms with Gasteiger partial charge in [0.05, 0.1) is 32.0 Å². The van der Waals surface area contributed by atoms with E-state index in [0.29, 0.717) is 52.0 Å². The third-order valence-electron chi connectivity index (χ3n) is 4.36. The van der Waals surface area contributed by atoms with Gasteiger partial charge >= 0.3 is 0 Å². The van der Waals surface area contributed by atoms with Gasteiger partial charge in [0.2, 0.25) is 0 Å². The van der Waals surface area contributed by atoms with Crippen molar-refractivity contribution in [1.29, 1.82) is 0 Å². The zero-order valence-corrected chi connectivity index (χ0v) is 17.1. The molecule has 0 amide bonds. The Morgan fingerprint density at radius 3 is 2.71 bits per heavy atom. The normalized spacial score (nSPS) is 17.8. The summed E-state index contributed by atoms with van der Waals surface area (Å²) < 4.78 is 24.5. The second kappa shape index (κ2) is 11.2. The van der Waals surface area contributed by atoms with Gasteiger partial charge in [-0.05, 0) is 38.5 Å². The van der Waals surface area contributed by atoms with Gasteiger partial charge in [-0.3, -0.25) is 4.90 Å². The van der Waals surface area contributed by atoms with Crippen molar-refractivity contribution in [3.63, 3.8) is 0 Å². The van der Waals surface area contributed by atoms with Crippen molar-refractivity contribution in [3.8, 4) is 5.75 Å². The fourth-order valence-electron chi connectivity index (χ4n) is 3.00. The minimum absolute atomic E-state index is 0.249. The Kier molecular flexibility index (Phi) is 8.95. The Balaban J connectivity index is 1.91. The number of benzene rings is 1. The molecule has 0 aliphatic carbocycles. The van der Waals surface area contributed by atoms with Gasteiger partial charge in [-0.25, -0.2) is 9.38 Å². The van der Waals surface area contributed by atoms with Crippen LogP contribution in [-0.4, -0.2) is 74.1 Å². The minimum Gasteiger partial charge on any atom is -0.491 e. The molecule has 2 rings (SSSR count). The predicted octanol–water partition coefficient (Wildman–Crippen LogP) is 1.36. The highest BCUT2D eigenvalue weighted by Gasteiger charge is 2.25. The highest BCUT2D eigenvalue weighted by molar-refractivity contribution is 5.79. The minimum atomic E-state index is -0.904. The summed E-state index contributed by atoms with van der Waals surface area (Å²) in [5.41, 5.74) is -0.156. The van der Waals surface area contributed by atoms with E-state index in [2.05, 4.69) is 20.5 Å². The van der Waals surface area contributed by atoms with Crippen molar-refractivity contribution in [2.24, 2.45) is 4.99 Å². The summed E-state index contributed by atoms with van der Waals surface area (Å²) >= 11 is 0. The number of nitrogens with one attached hydrogen (secondary N) is 2. The molecule has 0 bridgehead atoms. The molecule has 1 atom stereocenters. The lowest BCUT2D eigenvalue weighted by molar-refractivity contribution is -0.0201. The van der Waals surface area contributed by atoms with Gasteiger partial charge in [0, 0.05) is 32.7 Å². The average Bonchev–Trinajstić information content (AvgIpc) is 2.66. The molecule has 1 heterocycles. The van der Waals surface area contributed by atoms with E-state index < -0.39 is 5.60 Å². The molecule has 1 saturated heterocycles. The molecular formula is C20H33FN4O3. The van der Waals surface area contributed by atoms with Gasteiger partial charge in [-0.2, -0.15) is 0 Å². The first-order valence-corrected chi connectivity index (χ1v) is 9.89. The number of aliphatic hydroxyl groups is 1. The lowest BCUT2D eigenvalue weighted by Crippen LogP contribution is -2.52. The molecule has 0 aromatic heterocycles. The number of hydrogen-bond donors (Lipinski definition) is 3. The third-order valence-corrected chi connectivity index (χ3v) is 4.36. The summed E-state index contributed by atoms with van der Waals surface area (Å²) in [5.74, 6) is 0.444. The smallest absolute Gasteiger partial charge is 0.191 e. The summed E-state index contributed by atoms with van der Waals surface area (Å²) in [4.78, 5) is 6.68. The van der Waals surface area contributed by atoms with Crippen molar-refractivity contribution in [2.45, 2.75) is 32.9 Å². The zero-order valence-electron chi connectivity index (χ0n) is 17.1. The Morgan fingerprint density at radius 1 is 1.32 bits per heavy atom. The SMILES string of the molecule is CCNC(=NCc1ccc(OCC)c(F)c1)NCC(C)(O)CN1CCOCC1. The van der Waals surface area contributed by atoms with E-state index >= 15 is 0 Å². The molecule has 1 aliphatic rings. The van der Waals surface area contributed by atoms with Gasteiger partial charge in [0.1, 0.15) is 0 Å². The first-order chi connectivity index (χ1) is 13.4. The largest absolute Gasteiger partial charge is 0.491 e. The molecule has 0 radical (unpaired) electrons. The molecule has 3 N–H and O–H groups in total. The maximum atomic E-state index is 14.0. The van der Waals surface area contributed by atoms with E-state index in [1.54, 1.807) is 19.1 Å². The van der Waals surface area contributed by atoms with E-state index in [1.807, 2.05) is 13.8 Å². The van der Waals surface area contributed by atoms with Crippen LogP contribution in [0.1, 0.15) is 26.3 Å².